The highest BCUT2D eigenvalue weighted by Crippen LogP contribution is 2.43. The van der Waals surface area contributed by atoms with E-state index in [4.69, 9.17) is 23.7 Å². The Kier molecular flexibility index (Phi) is 12.5. The normalized spacial score (nSPS) is 16.1. The number of alkyl carbamates (subject to hydrolysis) is 1. The number of benzene rings is 4. The van der Waals surface area contributed by atoms with Crippen LogP contribution in [0.25, 0.3) is 11.1 Å². The molecule has 2 aliphatic rings. The SMILES string of the molecule is COc1cc2c(c(OC)c1)-c1cc(ccc1OC)[C@@H](CO)NC(=O)Cc1cccc(c1)Oc1ccc(cc1[N+](=O)[O-])C[C@H](NC(=O)OC(C)(C)C)C(=O)NC2. The second kappa shape index (κ2) is 17.2. The first kappa shape index (κ1) is 39.8. The maximum Gasteiger partial charge on any atom is 0.408 e. The minimum Gasteiger partial charge on any atom is -0.497 e. The second-order valence-electron chi connectivity index (χ2n) is 13.7. The topological polar surface area (TPSA) is 197 Å². The van der Waals surface area contributed by atoms with Gasteiger partial charge in [-0.3, -0.25) is 19.7 Å². The van der Waals surface area contributed by atoms with Crippen LogP contribution in [-0.4, -0.2) is 67.5 Å². The van der Waals surface area contributed by atoms with Crippen LogP contribution in [0.15, 0.2) is 72.8 Å². The maximum absolute atomic E-state index is 14.0. The van der Waals surface area contributed by atoms with Gasteiger partial charge in [-0.15, -0.1) is 0 Å². The number of amides is 3. The predicted octanol–water partition coefficient (Wildman–Crippen LogP) is 5.54. The van der Waals surface area contributed by atoms with E-state index in [-0.39, 0.29) is 36.6 Å². The molecule has 15 heteroatoms. The molecule has 4 aromatic carbocycles. The minimum absolute atomic E-state index is 0.0752. The highest BCUT2D eigenvalue weighted by atomic mass is 16.6. The monoisotopic (exact) mass is 756 g/mol. The Bertz CT molecular complexity index is 2080. The second-order valence-corrected chi connectivity index (χ2v) is 13.7. The zero-order valence-corrected chi connectivity index (χ0v) is 31.4. The zero-order valence-electron chi connectivity index (χ0n) is 31.4. The van der Waals surface area contributed by atoms with Crippen LogP contribution in [-0.2, 0) is 33.7 Å². The zero-order chi connectivity index (χ0) is 39.9. The van der Waals surface area contributed by atoms with Crippen molar-refractivity contribution in [2.24, 2.45) is 0 Å². The molecule has 4 aromatic rings. The lowest BCUT2D eigenvalue weighted by Crippen LogP contribution is -2.49. The van der Waals surface area contributed by atoms with Crippen molar-refractivity contribution in [1.82, 2.24) is 16.0 Å². The first-order valence-corrected chi connectivity index (χ1v) is 17.4. The lowest BCUT2D eigenvalue weighted by molar-refractivity contribution is -0.385. The number of nitro groups is 1. The number of rotatable bonds is 6. The van der Waals surface area contributed by atoms with E-state index in [2.05, 4.69) is 16.0 Å². The van der Waals surface area contributed by atoms with Crippen LogP contribution in [0.3, 0.4) is 0 Å². The van der Waals surface area contributed by atoms with E-state index in [1.165, 1.54) is 33.5 Å². The van der Waals surface area contributed by atoms with Crippen LogP contribution in [0.2, 0.25) is 0 Å². The van der Waals surface area contributed by atoms with Crippen LogP contribution < -0.4 is 34.9 Å². The van der Waals surface area contributed by atoms with Gasteiger partial charge in [0, 0.05) is 36.2 Å². The number of ether oxygens (including phenoxy) is 5. The van der Waals surface area contributed by atoms with Crippen LogP contribution >= 0.6 is 0 Å². The summed E-state index contributed by atoms with van der Waals surface area (Å²) in [6, 6.07) is 17.3. The molecule has 15 nitrogen and oxygen atoms in total. The van der Waals surface area contributed by atoms with E-state index >= 15 is 0 Å². The summed E-state index contributed by atoms with van der Waals surface area (Å²) in [5.41, 5.74) is 1.78. The number of fused-ring (bicyclic) bond motifs is 9. The molecule has 0 saturated heterocycles. The van der Waals surface area contributed by atoms with Crippen molar-refractivity contribution in [3.8, 4) is 39.9 Å². The van der Waals surface area contributed by atoms with Gasteiger partial charge in [-0.2, -0.15) is 0 Å². The Morgan fingerprint density at radius 3 is 2.40 bits per heavy atom. The van der Waals surface area contributed by atoms with E-state index in [9.17, 15) is 29.6 Å². The lowest BCUT2D eigenvalue weighted by atomic mass is 9.93. The Morgan fingerprint density at radius 2 is 1.73 bits per heavy atom. The molecule has 0 radical (unpaired) electrons. The van der Waals surface area contributed by atoms with Crippen molar-refractivity contribution >= 4 is 23.6 Å². The number of methoxy groups -OCH3 is 3. The fourth-order valence-corrected chi connectivity index (χ4v) is 6.14. The number of carbonyl (C=O) groups is 3. The molecule has 0 saturated carbocycles. The Balaban J connectivity index is 1.66. The molecule has 0 spiro atoms. The average molecular weight is 757 g/mol. The van der Waals surface area contributed by atoms with Gasteiger partial charge in [0.2, 0.25) is 17.6 Å². The summed E-state index contributed by atoms with van der Waals surface area (Å²) < 4.78 is 28.5. The smallest absolute Gasteiger partial charge is 0.408 e. The van der Waals surface area contributed by atoms with Crippen molar-refractivity contribution in [1.29, 1.82) is 0 Å². The number of hydrogen-bond donors (Lipinski definition) is 4. The summed E-state index contributed by atoms with van der Waals surface area (Å²) >= 11 is 0. The predicted molar refractivity (Wildman–Crippen MR) is 202 cm³/mol. The molecule has 0 aliphatic carbocycles. The van der Waals surface area contributed by atoms with Gasteiger partial charge in [-0.05, 0) is 79.4 Å². The molecule has 3 amide bonds. The van der Waals surface area contributed by atoms with E-state index in [0.29, 0.717) is 50.6 Å². The van der Waals surface area contributed by atoms with Gasteiger partial charge in [-0.1, -0.05) is 24.3 Å². The highest BCUT2D eigenvalue weighted by Gasteiger charge is 2.28. The standard InChI is InChI=1S/C40H44N4O11/c1-40(2,3)55-39(48)43-30-15-24-10-12-34(32(16-24)44(49)50)54-27-9-7-8-23(14-27)17-36(46)42-31(22-45)25-11-13-33(52-5)29(19-25)37-26(21-41-38(30)47)18-28(51-4)20-35(37)53-6/h7-14,16,18-20,30-31,45H,15,17,21-22H2,1-6H3,(H,41,47)(H,42,46)(H,43,48)/t30-,31+/m0/s1. The van der Waals surface area contributed by atoms with Crippen molar-refractivity contribution in [3.63, 3.8) is 0 Å². The fraction of sp³-hybridized carbons (Fsp3) is 0.325. The third-order valence-corrected chi connectivity index (χ3v) is 8.64. The van der Waals surface area contributed by atoms with Gasteiger partial charge in [0.05, 0.1) is 45.3 Å². The van der Waals surface area contributed by atoms with Crippen molar-refractivity contribution in [2.45, 2.75) is 57.8 Å². The van der Waals surface area contributed by atoms with Crippen molar-refractivity contribution in [3.05, 3.63) is 105 Å². The van der Waals surface area contributed by atoms with Gasteiger partial charge < -0.3 is 44.7 Å². The molecule has 4 N–H and O–H groups in total. The largest absolute Gasteiger partial charge is 0.497 e. The number of carbonyl (C=O) groups excluding carboxylic acids is 3. The van der Waals surface area contributed by atoms with E-state index < -0.39 is 47.1 Å². The first-order chi connectivity index (χ1) is 26.2. The van der Waals surface area contributed by atoms with Gasteiger partial charge in [-0.25, -0.2) is 4.79 Å². The van der Waals surface area contributed by atoms with E-state index in [1.54, 1.807) is 81.4 Å². The van der Waals surface area contributed by atoms with Crippen LogP contribution in [0.1, 0.15) is 49.1 Å². The third-order valence-electron chi connectivity index (χ3n) is 8.64. The van der Waals surface area contributed by atoms with E-state index in [0.717, 1.165) is 0 Å². The molecule has 2 atom stereocenters. The minimum atomic E-state index is -1.24. The average Bonchev–Trinajstić information content (AvgIpc) is 3.14. The number of nitrogens with one attached hydrogen (secondary N) is 3. The Morgan fingerprint density at radius 1 is 0.964 bits per heavy atom. The molecule has 55 heavy (non-hydrogen) atoms. The van der Waals surface area contributed by atoms with Gasteiger partial charge in [0.1, 0.15) is 34.6 Å². The molecule has 6 bridgehead atoms. The molecule has 290 valence electrons. The molecule has 0 fully saturated rings. The Hall–Kier alpha value is -6.35. The Labute approximate surface area is 318 Å². The molecule has 0 unspecified atom stereocenters. The summed E-state index contributed by atoms with van der Waals surface area (Å²) in [5.74, 6) is 0.377. The quantitative estimate of drug-likeness (QED) is 0.142. The third kappa shape index (κ3) is 10.00. The number of aliphatic hydroxyl groups excluding tert-OH is 1. The maximum atomic E-state index is 14.0. The summed E-state index contributed by atoms with van der Waals surface area (Å²) in [7, 11) is 4.46. The summed E-state index contributed by atoms with van der Waals surface area (Å²) in [6.07, 6.45) is -1.09. The number of hydrogen-bond acceptors (Lipinski definition) is 11. The highest BCUT2D eigenvalue weighted by molar-refractivity contribution is 5.87. The molecule has 2 heterocycles. The van der Waals surface area contributed by atoms with Crippen molar-refractivity contribution in [2.75, 3.05) is 27.9 Å². The lowest BCUT2D eigenvalue weighted by Gasteiger charge is -2.24. The van der Waals surface area contributed by atoms with Crippen molar-refractivity contribution < 1.29 is 48.1 Å². The molecule has 2 aliphatic heterocycles. The molecular weight excluding hydrogens is 712 g/mol. The van der Waals surface area contributed by atoms with Gasteiger partial charge in [0.25, 0.3) is 0 Å². The van der Waals surface area contributed by atoms with E-state index in [1.807, 2.05) is 0 Å². The number of nitro benzene ring substituents is 1. The first-order valence-electron chi connectivity index (χ1n) is 17.4. The molecule has 0 aromatic heterocycles. The van der Waals surface area contributed by atoms with Crippen LogP contribution in [0.4, 0.5) is 10.5 Å². The molecular formula is C40H44N4O11. The molecule has 6 rings (SSSR count). The summed E-state index contributed by atoms with van der Waals surface area (Å²) in [4.78, 5) is 52.0. The number of nitrogens with zero attached hydrogens (tertiary/aromatic N) is 1. The summed E-state index contributed by atoms with van der Waals surface area (Å²) in [6.45, 7) is 4.50. The summed E-state index contributed by atoms with van der Waals surface area (Å²) in [5, 5.41) is 31.1. The van der Waals surface area contributed by atoms with Crippen LogP contribution in [0, 0.1) is 10.1 Å². The number of aliphatic hydroxyl groups is 1. The van der Waals surface area contributed by atoms with Gasteiger partial charge >= 0.3 is 11.8 Å². The fourth-order valence-electron chi connectivity index (χ4n) is 6.14. The van der Waals surface area contributed by atoms with Gasteiger partial charge in [0.15, 0.2) is 0 Å². The van der Waals surface area contributed by atoms with Crippen LogP contribution in [0.5, 0.6) is 28.7 Å².